The lowest BCUT2D eigenvalue weighted by Crippen LogP contribution is -2.51. The first kappa shape index (κ1) is 29.9. The number of hydrogen-bond donors (Lipinski definition) is 3. The Morgan fingerprint density at radius 3 is 2.52 bits per heavy atom. The molecule has 3 N–H and O–H groups in total. The van der Waals surface area contributed by atoms with E-state index in [2.05, 4.69) is 41.4 Å². The van der Waals surface area contributed by atoms with Crippen LogP contribution in [0, 0.1) is 0 Å². The zero-order valence-corrected chi connectivity index (χ0v) is 25.5. The minimum absolute atomic E-state index is 0.0854. The summed E-state index contributed by atoms with van der Waals surface area (Å²) in [6.45, 7) is 12.9. The number of alkyl carbamates (subject to hydrolysis) is 1. The third-order valence-corrected chi connectivity index (χ3v) is 6.94. The first-order chi connectivity index (χ1) is 18.7. The molecule has 4 heterocycles. The first-order valence-corrected chi connectivity index (χ1v) is 14.3. The highest BCUT2D eigenvalue weighted by Crippen LogP contribution is 2.39. The molecule has 13 heteroatoms. The number of fused-ring (bicyclic) bond motifs is 1. The number of rotatable bonds is 4. The second-order valence-corrected chi connectivity index (χ2v) is 12.9. The van der Waals surface area contributed by atoms with E-state index in [0.29, 0.717) is 24.4 Å². The molecule has 40 heavy (non-hydrogen) atoms. The van der Waals surface area contributed by atoms with Crippen molar-refractivity contribution in [2.75, 3.05) is 43.0 Å². The van der Waals surface area contributed by atoms with Crippen LogP contribution in [-0.2, 0) is 19.0 Å². The lowest BCUT2D eigenvalue weighted by atomic mass is 10.0. The summed E-state index contributed by atoms with van der Waals surface area (Å²) in [4.78, 5) is 49.5. The second-order valence-electron chi connectivity index (χ2n) is 12.1. The van der Waals surface area contributed by atoms with Crippen molar-refractivity contribution in [3.8, 4) is 0 Å². The van der Waals surface area contributed by atoms with E-state index in [1.807, 2.05) is 20.8 Å². The Kier molecular flexibility index (Phi) is 8.83. The van der Waals surface area contributed by atoms with E-state index in [1.165, 1.54) is 4.90 Å². The number of anilines is 2. The maximum absolute atomic E-state index is 13.3. The van der Waals surface area contributed by atoms with Crippen molar-refractivity contribution in [2.45, 2.75) is 77.7 Å². The van der Waals surface area contributed by atoms with Gasteiger partial charge in [-0.3, -0.25) is 4.79 Å². The van der Waals surface area contributed by atoms with E-state index in [4.69, 9.17) is 14.2 Å². The summed E-state index contributed by atoms with van der Waals surface area (Å²) in [5.41, 5.74) is 0.796. The number of nitrogens with zero attached hydrogens (tertiary/aromatic N) is 3. The molecule has 0 radical (unpaired) electrons. The molecule has 2 atom stereocenters. The highest BCUT2D eigenvalue weighted by molar-refractivity contribution is 9.10. The highest BCUT2D eigenvalue weighted by atomic mass is 79.9. The Bertz CT molecular complexity index is 1250. The zero-order chi connectivity index (χ0) is 29.2. The van der Waals surface area contributed by atoms with Crippen LogP contribution in [0.3, 0.4) is 0 Å². The van der Waals surface area contributed by atoms with Gasteiger partial charge in [0.1, 0.15) is 16.8 Å². The van der Waals surface area contributed by atoms with Gasteiger partial charge in [-0.15, -0.1) is 0 Å². The highest BCUT2D eigenvalue weighted by Gasteiger charge is 2.33. The van der Waals surface area contributed by atoms with Gasteiger partial charge in [-0.05, 0) is 70.3 Å². The molecule has 2 aromatic rings. The zero-order valence-electron chi connectivity index (χ0n) is 23.9. The van der Waals surface area contributed by atoms with Crippen molar-refractivity contribution >= 4 is 56.4 Å². The third kappa shape index (κ3) is 7.57. The molecule has 0 spiro atoms. The maximum atomic E-state index is 13.3. The number of piperidine rings is 1. The summed E-state index contributed by atoms with van der Waals surface area (Å²) >= 11 is 3.65. The first-order valence-electron chi connectivity index (χ1n) is 13.5. The molecule has 0 bridgehead atoms. The molecule has 12 nitrogen and oxygen atoms in total. The van der Waals surface area contributed by atoms with Crippen LogP contribution in [-0.4, -0.2) is 89.1 Å². The van der Waals surface area contributed by atoms with Crippen molar-refractivity contribution in [1.29, 1.82) is 0 Å². The molecular formula is C27H39BrN6O6. The van der Waals surface area contributed by atoms with Gasteiger partial charge in [0.15, 0.2) is 6.10 Å². The molecule has 0 aromatic carbocycles. The summed E-state index contributed by atoms with van der Waals surface area (Å²) in [6.07, 6.45) is 3.32. The van der Waals surface area contributed by atoms with Crippen LogP contribution < -0.4 is 15.5 Å². The van der Waals surface area contributed by atoms with Crippen molar-refractivity contribution in [3.63, 3.8) is 0 Å². The summed E-state index contributed by atoms with van der Waals surface area (Å²) in [7, 11) is 0. The van der Waals surface area contributed by atoms with Gasteiger partial charge in [0, 0.05) is 38.1 Å². The van der Waals surface area contributed by atoms with E-state index in [-0.39, 0.29) is 25.1 Å². The number of nitrogens with one attached hydrogen (secondary N) is 3. The van der Waals surface area contributed by atoms with Crippen LogP contribution in [0.2, 0.25) is 0 Å². The summed E-state index contributed by atoms with van der Waals surface area (Å²) in [6, 6.07) is -0.106. The molecule has 2 saturated heterocycles. The summed E-state index contributed by atoms with van der Waals surface area (Å²) in [5, 5.41) is 6.69. The van der Waals surface area contributed by atoms with Gasteiger partial charge in [0.05, 0.1) is 34.4 Å². The maximum Gasteiger partial charge on any atom is 0.410 e. The minimum Gasteiger partial charge on any atom is -0.444 e. The number of carbonyl (C=O) groups is 3. The molecule has 2 aromatic heterocycles. The second kappa shape index (κ2) is 11.8. The Morgan fingerprint density at radius 2 is 1.82 bits per heavy atom. The number of aromatic nitrogens is 2. The van der Waals surface area contributed by atoms with Crippen molar-refractivity contribution in [3.05, 3.63) is 16.9 Å². The van der Waals surface area contributed by atoms with Crippen molar-refractivity contribution < 1.29 is 28.6 Å². The van der Waals surface area contributed by atoms with Crippen molar-refractivity contribution in [1.82, 2.24) is 20.2 Å². The van der Waals surface area contributed by atoms with Gasteiger partial charge in [-0.2, -0.15) is 0 Å². The van der Waals surface area contributed by atoms with E-state index in [1.54, 1.807) is 33.2 Å². The molecule has 2 unspecified atom stereocenters. The molecule has 0 aliphatic carbocycles. The van der Waals surface area contributed by atoms with Crippen molar-refractivity contribution in [2.24, 2.45) is 0 Å². The van der Waals surface area contributed by atoms with Crippen LogP contribution in [0.5, 0.6) is 0 Å². The number of carbonyl (C=O) groups excluding carboxylic acids is 3. The van der Waals surface area contributed by atoms with Crippen LogP contribution in [0.15, 0.2) is 16.9 Å². The smallest absolute Gasteiger partial charge is 0.410 e. The molecule has 4 rings (SSSR count). The number of amides is 3. The monoisotopic (exact) mass is 622 g/mol. The van der Waals surface area contributed by atoms with E-state index >= 15 is 0 Å². The Morgan fingerprint density at radius 1 is 1.10 bits per heavy atom. The number of H-pyrrole nitrogens is 1. The average Bonchev–Trinajstić information content (AvgIpc) is 3.24. The van der Waals surface area contributed by atoms with Crippen LogP contribution in [0.4, 0.5) is 21.0 Å². The number of hydrogen-bond acceptors (Lipinski definition) is 8. The number of morpholine rings is 1. The standard InChI is InChI=1S/C27H39BrN6O6/c1-26(2,3)39-24(36)31-16-8-7-9-33(14-16)21-17(28)12-29-22-20(21)18(13-30-22)32-23(35)19-15-34(10-11-38-19)25(37)40-27(4,5)6/h12-13,16,19H,7-11,14-15H2,1-6H3,(H,29,30)(H,31,36)(H,32,35). The minimum atomic E-state index is -0.854. The van der Waals surface area contributed by atoms with Crippen LogP contribution in [0.25, 0.3) is 11.0 Å². The molecule has 2 aliphatic heterocycles. The van der Waals surface area contributed by atoms with E-state index < -0.39 is 29.5 Å². The topological polar surface area (TPSA) is 138 Å². The molecule has 2 fully saturated rings. The molecule has 220 valence electrons. The van der Waals surface area contributed by atoms with Gasteiger partial charge < -0.3 is 39.6 Å². The number of pyridine rings is 1. The normalized spacial score (nSPS) is 20.3. The number of halogens is 1. The SMILES string of the molecule is CC(C)(C)OC(=O)NC1CCCN(c2c(Br)cnc3[nH]cc(NC(=O)C4CN(C(=O)OC(C)(C)C)CCO4)c23)C1. The van der Waals surface area contributed by atoms with Gasteiger partial charge in [0.2, 0.25) is 0 Å². The van der Waals surface area contributed by atoms with Gasteiger partial charge >= 0.3 is 12.2 Å². The fourth-order valence-electron chi connectivity index (χ4n) is 4.75. The fourth-order valence-corrected chi connectivity index (χ4v) is 5.30. The average molecular weight is 624 g/mol. The van der Waals surface area contributed by atoms with Crippen LogP contribution in [0.1, 0.15) is 54.4 Å². The van der Waals surface area contributed by atoms with Gasteiger partial charge in [-0.1, -0.05) is 0 Å². The lowest BCUT2D eigenvalue weighted by molar-refractivity contribution is -0.132. The molecule has 2 aliphatic rings. The van der Waals surface area contributed by atoms with E-state index in [9.17, 15) is 14.4 Å². The summed E-state index contributed by atoms with van der Waals surface area (Å²) in [5.74, 6) is -0.372. The number of ether oxygens (including phenoxy) is 3. The quantitative estimate of drug-likeness (QED) is 0.456. The van der Waals surface area contributed by atoms with Gasteiger partial charge in [-0.25, -0.2) is 14.6 Å². The third-order valence-electron chi connectivity index (χ3n) is 6.36. The largest absolute Gasteiger partial charge is 0.444 e. The van der Waals surface area contributed by atoms with E-state index in [0.717, 1.165) is 34.9 Å². The summed E-state index contributed by atoms with van der Waals surface area (Å²) < 4.78 is 17.4. The Labute approximate surface area is 242 Å². The number of aromatic amines is 1. The van der Waals surface area contributed by atoms with Gasteiger partial charge in [0.25, 0.3) is 5.91 Å². The Balaban J connectivity index is 1.50. The molecular weight excluding hydrogens is 584 g/mol. The lowest BCUT2D eigenvalue weighted by Gasteiger charge is -2.36. The molecule has 3 amide bonds. The Hall–Kier alpha value is -3.06. The molecule has 0 saturated carbocycles. The fraction of sp³-hybridized carbons (Fsp3) is 0.630. The predicted octanol–water partition coefficient (Wildman–Crippen LogP) is 4.39. The van der Waals surface area contributed by atoms with Crippen LogP contribution >= 0.6 is 15.9 Å². The predicted molar refractivity (Wildman–Crippen MR) is 155 cm³/mol.